The molecule has 0 unspecified atom stereocenters. The standard InChI is InChI=1S/C26H25BrN2O2S/c1-31-23-13-12-21(27)17-20(23)18-32-24-11-6-5-10-22(24)26-28-14-7-15-29(26)25(30)16-19-8-3-2-4-9-19/h2-6,8-13,17H,7,14-16,18H2,1H3. The Kier molecular flexibility index (Phi) is 7.66. The Balaban J connectivity index is 1.57. The Bertz CT molecular complexity index is 1120. The summed E-state index contributed by atoms with van der Waals surface area (Å²) in [5, 5.41) is 0. The van der Waals surface area contributed by atoms with Crippen molar-refractivity contribution in [2.24, 2.45) is 4.99 Å². The summed E-state index contributed by atoms with van der Waals surface area (Å²) in [6.07, 6.45) is 1.26. The van der Waals surface area contributed by atoms with Gasteiger partial charge in [0.1, 0.15) is 11.6 Å². The van der Waals surface area contributed by atoms with E-state index in [2.05, 4.69) is 34.1 Å². The van der Waals surface area contributed by atoms with Crippen LogP contribution in [0.5, 0.6) is 5.75 Å². The van der Waals surface area contributed by atoms with E-state index in [4.69, 9.17) is 9.73 Å². The van der Waals surface area contributed by atoms with Crippen LogP contribution in [0.1, 0.15) is 23.1 Å². The molecule has 1 heterocycles. The van der Waals surface area contributed by atoms with E-state index in [1.807, 2.05) is 59.5 Å². The van der Waals surface area contributed by atoms with Crippen LogP contribution >= 0.6 is 27.7 Å². The van der Waals surface area contributed by atoms with Crippen LogP contribution in [-0.4, -0.2) is 36.8 Å². The van der Waals surface area contributed by atoms with Crippen LogP contribution in [0.15, 0.2) is 87.2 Å². The van der Waals surface area contributed by atoms with Crippen LogP contribution in [0.4, 0.5) is 0 Å². The van der Waals surface area contributed by atoms with E-state index in [-0.39, 0.29) is 5.91 Å². The fourth-order valence-corrected chi connectivity index (χ4v) is 5.17. The van der Waals surface area contributed by atoms with Crippen LogP contribution in [-0.2, 0) is 17.0 Å². The zero-order valence-corrected chi connectivity index (χ0v) is 20.4. The minimum Gasteiger partial charge on any atom is -0.496 e. The van der Waals surface area contributed by atoms with Crippen molar-refractivity contribution in [1.29, 1.82) is 0 Å². The summed E-state index contributed by atoms with van der Waals surface area (Å²) < 4.78 is 6.55. The third-order valence-electron chi connectivity index (χ3n) is 5.31. The minimum atomic E-state index is 0.0862. The van der Waals surface area contributed by atoms with Gasteiger partial charge in [0, 0.05) is 39.3 Å². The number of aliphatic imine (C=N–C) groups is 1. The van der Waals surface area contributed by atoms with E-state index in [0.717, 1.165) is 56.4 Å². The van der Waals surface area contributed by atoms with Gasteiger partial charge in [0.25, 0.3) is 0 Å². The summed E-state index contributed by atoms with van der Waals surface area (Å²) in [6.45, 7) is 1.44. The highest BCUT2D eigenvalue weighted by atomic mass is 79.9. The normalized spacial score (nSPS) is 13.6. The lowest BCUT2D eigenvalue weighted by Crippen LogP contribution is -2.42. The second-order valence-electron chi connectivity index (χ2n) is 7.51. The number of hydrogen-bond acceptors (Lipinski definition) is 4. The first-order chi connectivity index (χ1) is 15.7. The van der Waals surface area contributed by atoms with Gasteiger partial charge in [-0.25, -0.2) is 0 Å². The lowest BCUT2D eigenvalue weighted by atomic mass is 10.1. The monoisotopic (exact) mass is 508 g/mol. The van der Waals surface area contributed by atoms with Gasteiger partial charge in [0.2, 0.25) is 5.91 Å². The summed E-state index contributed by atoms with van der Waals surface area (Å²) in [6, 6.07) is 24.1. The number of ether oxygens (including phenoxy) is 1. The molecule has 4 rings (SSSR count). The fraction of sp³-hybridized carbons (Fsp3) is 0.231. The lowest BCUT2D eigenvalue weighted by Gasteiger charge is -2.29. The van der Waals surface area contributed by atoms with Gasteiger partial charge in [-0.05, 0) is 36.2 Å². The Morgan fingerprint density at radius 3 is 2.69 bits per heavy atom. The Hall–Kier alpha value is -2.57. The first kappa shape index (κ1) is 22.6. The molecule has 1 aliphatic heterocycles. The molecule has 0 N–H and O–H groups in total. The fourth-order valence-electron chi connectivity index (χ4n) is 3.74. The molecule has 1 amide bonds. The van der Waals surface area contributed by atoms with Crippen molar-refractivity contribution in [3.05, 3.63) is 94.0 Å². The summed E-state index contributed by atoms with van der Waals surface area (Å²) in [5.41, 5.74) is 3.14. The number of benzene rings is 3. The van der Waals surface area contributed by atoms with Crippen molar-refractivity contribution in [3.8, 4) is 5.75 Å². The number of thioether (sulfide) groups is 1. The highest BCUT2D eigenvalue weighted by Gasteiger charge is 2.25. The molecule has 164 valence electrons. The average molecular weight is 509 g/mol. The van der Waals surface area contributed by atoms with E-state index >= 15 is 0 Å². The van der Waals surface area contributed by atoms with Crippen molar-refractivity contribution in [3.63, 3.8) is 0 Å². The number of carbonyl (C=O) groups excluding carboxylic acids is 1. The maximum Gasteiger partial charge on any atom is 0.232 e. The van der Waals surface area contributed by atoms with Gasteiger partial charge >= 0.3 is 0 Å². The number of methoxy groups -OCH3 is 1. The van der Waals surface area contributed by atoms with E-state index in [1.54, 1.807) is 18.9 Å². The molecule has 6 heteroatoms. The third kappa shape index (κ3) is 5.43. The molecular formula is C26H25BrN2O2S. The van der Waals surface area contributed by atoms with Gasteiger partial charge in [-0.2, -0.15) is 0 Å². The number of nitrogens with zero attached hydrogens (tertiary/aromatic N) is 2. The smallest absolute Gasteiger partial charge is 0.232 e. The van der Waals surface area contributed by atoms with Gasteiger partial charge in [-0.15, -0.1) is 11.8 Å². The molecule has 0 saturated carbocycles. The second kappa shape index (κ2) is 10.8. The minimum absolute atomic E-state index is 0.0862. The van der Waals surface area contributed by atoms with Crippen LogP contribution in [0.2, 0.25) is 0 Å². The number of amidine groups is 1. The lowest BCUT2D eigenvalue weighted by molar-refractivity contribution is -0.126. The van der Waals surface area contributed by atoms with E-state index < -0.39 is 0 Å². The topological polar surface area (TPSA) is 41.9 Å². The van der Waals surface area contributed by atoms with Gasteiger partial charge in [0.05, 0.1) is 13.5 Å². The predicted molar refractivity (Wildman–Crippen MR) is 135 cm³/mol. The summed E-state index contributed by atoms with van der Waals surface area (Å²) in [5.74, 6) is 2.49. The molecule has 4 nitrogen and oxygen atoms in total. The van der Waals surface area contributed by atoms with Crippen molar-refractivity contribution < 1.29 is 9.53 Å². The quantitative estimate of drug-likeness (QED) is 0.369. The molecule has 0 saturated heterocycles. The highest BCUT2D eigenvalue weighted by molar-refractivity contribution is 9.10. The van der Waals surface area contributed by atoms with Gasteiger partial charge in [0.15, 0.2) is 0 Å². The largest absolute Gasteiger partial charge is 0.496 e. The molecule has 0 fully saturated rings. The second-order valence-corrected chi connectivity index (χ2v) is 9.44. The highest BCUT2D eigenvalue weighted by Crippen LogP contribution is 2.33. The van der Waals surface area contributed by atoms with Crippen LogP contribution in [0.3, 0.4) is 0 Å². The molecule has 0 bridgehead atoms. The van der Waals surface area contributed by atoms with Crippen LogP contribution in [0, 0.1) is 0 Å². The maximum atomic E-state index is 13.2. The van der Waals surface area contributed by atoms with Crippen molar-refractivity contribution >= 4 is 39.4 Å². The number of carbonyl (C=O) groups is 1. The van der Waals surface area contributed by atoms with Gasteiger partial charge < -0.3 is 4.74 Å². The van der Waals surface area contributed by atoms with E-state index in [0.29, 0.717) is 13.0 Å². The maximum absolute atomic E-state index is 13.2. The Morgan fingerprint density at radius 2 is 1.88 bits per heavy atom. The Morgan fingerprint density at radius 1 is 1.09 bits per heavy atom. The van der Waals surface area contributed by atoms with Crippen molar-refractivity contribution in [2.45, 2.75) is 23.5 Å². The van der Waals surface area contributed by atoms with Crippen molar-refractivity contribution in [1.82, 2.24) is 4.90 Å². The predicted octanol–water partition coefficient (Wildman–Crippen LogP) is 5.97. The first-order valence-electron chi connectivity index (χ1n) is 10.6. The molecule has 0 atom stereocenters. The molecule has 32 heavy (non-hydrogen) atoms. The first-order valence-corrected chi connectivity index (χ1v) is 12.4. The molecule has 1 aliphatic rings. The SMILES string of the molecule is COc1ccc(Br)cc1CSc1ccccc1C1=NCCCN1C(=O)Cc1ccccc1. The zero-order chi connectivity index (χ0) is 22.3. The number of rotatable bonds is 7. The number of halogens is 1. The van der Waals surface area contributed by atoms with Gasteiger partial charge in [-0.1, -0.05) is 64.5 Å². The van der Waals surface area contributed by atoms with E-state index in [1.165, 1.54) is 0 Å². The third-order valence-corrected chi connectivity index (χ3v) is 6.93. The summed E-state index contributed by atoms with van der Waals surface area (Å²) in [7, 11) is 1.69. The molecule has 3 aromatic carbocycles. The van der Waals surface area contributed by atoms with E-state index in [9.17, 15) is 4.79 Å². The Labute approximate surface area is 201 Å². The van der Waals surface area contributed by atoms with Gasteiger partial charge in [-0.3, -0.25) is 14.7 Å². The number of hydrogen-bond donors (Lipinski definition) is 0. The van der Waals surface area contributed by atoms with Crippen molar-refractivity contribution in [2.75, 3.05) is 20.2 Å². The summed E-state index contributed by atoms with van der Waals surface area (Å²) in [4.78, 5) is 20.9. The molecule has 0 aromatic heterocycles. The van der Waals surface area contributed by atoms with Crippen LogP contribution in [0.25, 0.3) is 0 Å². The average Bonchev–Trinajstić information content (AvgIpc) is 2.83. The molecule has 0 aliphatic carbocycles. The molecular weight excluding hydrogens is 484 g/mol. The van der Waals surface area contributed by atoms with Crippen LogP contribution < -0.4 is 4.74 Å². The zero-order valence-electron chi connectivity index (χ0n) is 18.0. The number of amides is 1. The summed E-state index contributed by atoms with van der Waals surface area (Å²) >= 11 is 5.28. The molecule has 0 spiro atoms. The molecule has 3 aromatic rings. The molecule has 0 radical (unpaired) electrons.